The van der Waals surface area contributed by atoms with Crippen molar-refractivity contribution in [3.63, 3.8) is 0 Å². The second kappa shape index (κ2) is 8.53. The largest absolute Gasteiger partial charge is 0.591 e. The zero-order chi connectivity index (χ0) is 16.8. The molecule has 0 fully saturated rings. The summed E-state index contributed by atoms with van der Waals surface area (Å²) < 4.78 is 20.8. The number of aliphatic imine (C=N–C) groups is 1. The average Bonchev–Trinajstić information content (AvgIpc) is 2.44. The highest BCUT2D eigenvalue weighted by molar-refractivity contribution is 7.91. The SMILES string of the molecule is CNc1ccc(Cl)cc1/N=C(/C=N/[S@+]([O-])C(C)(C)C)COC. The Kier molecular flexibility index (Phi) is 7.35. The van der Waals surface area contributed by atoms with Crippen molar-refractivity contribution in [2.75, 3.05) is 26.1 Å². The highest BCUT2D eigenvalue weighted by atomic mass is 35.5. The molecule has 0 aliphatic carbocycles. The van der Waals surface area contributed by atoms with Gasteiger partial charge in [0.1, 0.15) is 22.3 Å². The van der Waals surface area contributed by atoms with Crippen LogP contribution in [0.15, 0.2) is 27.6 Å². The number of ether oxygens (including phenoxy) is 1. The number of anilines is 1. The fraction of sp³-hybridized carbons (Fsp3) is 0.467. The van der Waals surface area contributed by atoms with Gasteiger partial charge in [-0.25, -0.2) is 4.99 Å². The van der Waals surface area contributed by atoms with E-state index in [-0.39, 0.29) is 6.61 Å². The maximum atomic E-state index is 12.0. The van der Waals surface area contributed by atoms with Crippen molar-refractivity contribution in [1.29, 1.82) is 0 Å². The lowest BCUT2D eigenvalue weighted by Crippen LogP contribution is -2.26. The molecule has 0 saturated heterocycles. The minimum Gasteiger partial charge on any atom is -0.591 e. The molecule has 7 heteroatoms. The molecule has 1 aromatic carbocycles. The van der Waals surface area contributed by atoms with Gasteiger partial charge in [-0.15, -0.1) is 0 Å². The molecule has 0 unspecified atom stereocenters. The van der Waals surface area contributed by atoms with Gasteiger partial charge in [-0.05, 0) is 39.0 Å². The molecule has 1 N–H and O–H groups in total. The molecule has 0 amide bonds. The topological polar surface area (TPSA) is 69.0 Å². The van der Waals surface area contributed by atoms with Crippen LogP contribution in [0.1, 0.15) is 20.8 Å². The summed E-state index contributed by atoms with van der Waals surface area (Å²) in [5, 5.41) is 3.64. The van der Waals surface area contributed by atoms with Crippen LogP contribution in [0.5, 0.6) is 0 Å². The molecule has 0 bridgehead atoms. The molecule has 0 saturated carbocycles. The Labute approximate surface area is 140 Å². The minimum atomic E-state index is -1.34. The third-order valence-electron chi connectivity index (χ3n) is 2.61. The van der Waals surface area contributed by atoms with Crippen molar-refractivity contribution in [2.24, 2.45) is 9.39 Å². The van der Waals surface area contributed by atoms with Gasteiger partial charge in [-0.3, -0.25) is 0 Å². The Morgan fingerprint density at radius 1 is 1.45 bits per heavy atom. The first kappa shape index (κ1) is 19.0. The van der Waals surface area contributed by atoms with Gasteiger partial charge in [0.25, 0.3) is 0 Å². The van der Waals surface area contributed by atoms with Crippen LogP contribution in [-0.2, 0) is 16.1 Å². The maximum absolute atomic E-state index is 12.0. The van der Waals surface area contributed by atoms with Crippen LogP contribution in [-0.4, -0.2) is 42.0 Å². The van der Waals surface area contributed by atoms with Gasteiger partial charge in [0.2, 0.25) is 0 Å². The quantitative estimate of drug-likeness (QED) is 0.633. The molecule has 0 aromatic heterocycles. The predicted molar refractivity (Wildman–Crippen MR) is 96.4 cm³/mol. The van der Waals surface area contributed by atoms with Crippen LogP contribution < -0.4 is 5.32 Å². The summed E-state index contributed by atoms with van der Waals surface area (Å²) in [4.78, 5) is 4.49. The second-order valence-electron chi connectivity index (χ2n) is 5.54. The molecule has 0 heterocycles. The summed E-state index contributed by atoms with van der Waals surface area (Å²) in [5.74, 6) is 0. The molecule has 0 spiro atoms. The van der Waals surface area contributed by atoms with Crippen LogP contribution >= 0.6 is 11.6 Å². The molecule has 1 rings (SSSR count). The van der Waals surface area contributed by atoms with Gasteiger partial charge in [-0.1, -0.05) is 16.0 Å². The van der Waals surface area contributed by atoms with Crippen molar-refractivity contribution in [3.05, 3.63) is 23.2 Å². The fourth-order valence-electron chi connectivity index (χ4n) is 1.48. The maximum Gasteiger partial charge on any atom is 0.144 e. The first-order valence-electron chi connectivity index (χ1n) is 6.77. The van der Waals surface area contributed by atoms with Crippen molar-refractivity contribution >= 4 is 46.3 Å². The number of hydrogen-bond acceptors (Lipinski definition) is 5. The normalized spacial score (nSPS) is 14.4. The number of methoxy groups -OCH3 is 1. The van der Waals surface area contributed by atoms with E-state index in [2.05, 4.69) is 14.7 Å². The summed E-state index contributed by atoms with van der Waals surface area (Å²) in [7, 11) is 3.38. The minimum absolute atomic E-state index is 0.264. The molecular formula is C15H22ClN3O2S. The van der Waals surface area contributed by atoms with Gasteiger partial charge in [0, 0.05) is 19.2 Å². The van der Waals surface area contributed by atoms with Gasteiger partial charge in [0.05, 0.1) is 23.7 Å². The molecule has 122 valence electrons. The predicted octanol–water partition coefficient (Wildman–Crippen LogP) is 3.63. The third kappa shape index (κ3) is 5.96. The molecule has 1 aromatic rings. The van der Waals surface area contributed by atoms with E-state index >= 15 is 0 Å². The van der Waals surface area contributed by atoms with E-state index in [9.17, 15) is 4.55 Å². The summed E-state index contributed by atoms with van der Waals surface area (Å²) >= 11 is 4.67. The smallest absolute Gasteiger partial charge is 0.144 e. The third-order valence-corrected chi connectivity index (χ3v) is 4.19. The highest BCUT2D eigenvalue weighted by Crippen LogP contribution is 2.28. The van der Waals surface area contributed by atoms with Crippen LogP contribution in [0.3, 0.4) is 0 Å². The number of nitrogens with one attached hydrogen (secondary N) is 1. The monoisotopic (exact) mass is 343 g/mol. The van der Waals surface area contributed by atoms with Crippen LogP contribution in [0, 0.1) is 0 Å². The van der Waals surface area contributed by atoms with E-state index in [0.717, 1.165) is 5.69 Å². The molecule has 0 aliphatic rings. The molecule has 0 aliphatic heterocycles. The summed E-state index contributed by atoms with van der Waals surface area (Å²) in [5.41, 5.74) is 2.08. The van der Waals surface area contributed by atoms with Crippen molar-refractivity contribution in [1.82, 2.24) is 0 Å². The molecule has 1 atom stereocenters. The lowest BCUT2D eigenvalue weighted by atomic mass is 10.2. The Bertz CT molecular complexity index is 556. The van der Waals surface area contributed by atoms with Crippen molar-refractivity contribution in [2.45, 2.75) is 25.5 Å². The fourth-order valence-corrected chi connectivity index (χ4v) is 2.18. The average molecular weight is 344 g/mol. The Morgan fingerprint density at radius 3 is 2.68 bits per heavy atom. The van der Waals surface area contributed by atoms with Crippen molar-refractivity contribution in [3.8, 4) is 0 Å². The van der Waals surface area contributed by atoms with Gasteiger partial charge < -0.3 is 14.6 Å². The lowest BCUT2D eigenvalue weighted by Gasteiger charge is -2.17. The van der Waals surface area contributed by atoms with Gasteiger partial charge in [-0.2, -0.15) is 0 Å². The number of nitrogens with zero attached hydrogens (tertiary/aromatic N) is 2. The standard InChI is InChI=1S/C15H22ClN3O2S/c1-15(2,3)22(20)18-9-12(10-21-5)19-14-8-11(16)6-7-13(14)17-4/h6-9,17H,10H2,1-5H3/b18-9+,19-12-/t22-/m1/s1. The van der Waals surface area contributed by atoms with E-state index in [1.165, 1.54) is 6.21 Å². The van der Waals surface area contributed by atoms with E-state index in [1.54, 1.807) is 26.3 Å². The first-order valence-corrected chi connectivity index (χ1v) is 8.26. The van der Waals surface area contributed by atoms with Gasteiger partial charge >= 0.3 is 0 Å². The Hall–Kier alpha value is -1.08. The molecular weight excluding hydrogens is 322 g/mol. The number of benzene rings is 1. The van der Waals surface area contributed by atoms with E-state index in [4.69, 9.17) is 16.3 Å². The second-order valence-corrected chi connectivity index (χ2v) is 7.91. The first-order chi connectivity index (χ1) is 10.3. The molecule has 22 heavy (non-hydrogen) atoms. The lowest BCUT2D eigenvalue weighted by molar-refractivity contribution is 0.246. The molecule has 5 nitrogen and oxygen atoms in total. The summed E-state index contributed by atoms with van der Waals surface area (Å²) in [6.45, 7) is 5.86. The zero-order valence-corrected chi connectivity index (χ0v) is 15.1. The van der Waals surface area contributed by atoms with E-state index in [0.29, 0.717) is 16.4 Å². The van der Waals surface area contributed by atoms with Crippen LogP contribution in [0.25, 0.3) is 0 Å². The van der Waals surface area contributed by atoms with Crippen molar-refractivity contribution < 1.29 is 9.29 Å². The summed E-state index contributed by atoms with van der Waals surface area (Å²) in [6.07, 6.45) is 1.49. The molecule has 0 radical (unpaired) electrons. The Morgan fingerprint density at radius 2 is 2.14 bits per heavy atom. The van der Waals surface area contributed by atoms with Crippen LogP contribution in [0.2, 0.25) is 5.02 Å². The zero-order valence-electron chi connectivity index (χ0n) is 13.5. The van der Waals surface area contributed by atoms with E-state index < -0.39 is 16.1 Å². The highest BCUT2D eigenvalue weighted by Gasteiger charge is 2.26. The summed E-state index contributed by atoms with van der Waals surface area (Å²) in [6, 6.07) is 5.37. The number of halogens is 1. The van der Waals surface area contributed by atoms with Gasteiger partial charge in [0.15, 0.2) is 0 Å². The number of rotatable bonds is 6. The van der Waals surface area contributed by atoms with E-state index in [1.807, 2.05) is 26.8 Å². The van der Waals surface area contributed by atoms with Crippen LogP contribution in [0.4, 0.5) is 11.4 Å². The number of hydrogen-bond donors (Lipinski definition) is 1. The Balaban J connectivity index is 3.10.